The molecule has 0 spiro atoms. The highest BCUT2D eigenvalue weighted by Crippen LogP contribution is 2.29. The van der Waals surface area contributed by atoms with Crippen molar-refractivity contribution in [3.63, 3.8) is 0 Å². The summed E-state index contributed by atoms with van der Waals surface area (Å²) in [6.07, 6.45) is 0.304. The number of aromatic hydroxyl groups is 1. The summed E-state index contributed by atoms with van der Waals surface area (Å²) in [6, 6.07) is 11.2. The molecule has 2 rings (SSSR count). The first-order valence-electron chi connectivity index (χ1n) is 8.35. The standard InChI is InChI=1S/C19H23NO6S/c1-25-17-8-7-15(13-18(17)26-2)27(23,24)12-10-19(22)20-11-9-14-5-3-4-6-16(14)21/h3-8,13,21H,9-12H2,1-2H3,(H,20,22). The van der Waals surface area contributed by atoms with Gasteiger partial charge in [-0.3, -0.25) is 4.79 Å². The van der Waals surface area contributed by atoms with Crippen molar-refractivity contribution in [3.8, 4) is 17.2 Å². The molecule has 0 saturated carbocycles. The van der Waals surface area contributed by atoms with Crippen LogP contribution in [0.3, 0.4) is 0 Å². The average Bonchev–Trinajstić information content (AvgIpc) is 2.67. The molecule has 2 aromatic rings. The maximum absolute atomic E-state index is 12.4. The molecule has 0 unspecified atom stereocenters. The molecule has 0 saturated heterocycles. The molecule has 0 radical (unpaired) electrons. The number of para-hydroxylation sites is 1. The van der Waals surface area contributed by atoms with Crippen molar-refractivity contribution < 1.29 is 27.8 Å². The van der Waals surface area contributed by atoms with Crippen LogP contribution >= 0.6 is 0 Å². The molecule has 0 aliphatic heterocycles. The molecule has 7 nitrogen and oxygen atoms in total. The zero-order valence-corrected chi connectivity index (χ0v) is 16.1. The first kappa shape index (κ1) is 20.6. The summed E-state index contributed by atoms with van der Waals surface area (Å²) in [5.74, 6) is 0.228. The minimum Gasteiger partial charge on any atom is -0.508 e. The molecule has 8 heteroatoms. The van der Waals surface area contributed by atoms with Gasteiger partial charge in [-0.2, -0.15) is 0 Å². The Bertz CT molecular complexity index is 895. The number of amides is 1. The van der Waals surface area contributed by atoms with Crippen LogP contribution in [0.15, 0.2) is 47.4 Å². The third-order valence-electron chi connectivity index (χ3n) is 4.02. The number of nitrogens with one attached hydrogen (secondary N) is 1. The van der Waals surface area contributed by atoms with E-state index >= 15 is 0 Å². The van der Waals surface area contributed by atoms with Crippen LogP contribution in [0.4, 0.5) is 0 Å². The number of methoxy groups -OCH3 is 2. The number of rotatable bonds is 9. The molecule has 146 valence electrons. The number of sulfone groups is 1. The van der Waals surface area contributed by atoms with Crippen LogP contribution in [0.5, 0.6) is 17.2 Å². The summed E-state index contributed by atoms with van der Waals surface area (Å²) in [4.78, 5) is 12.0. The predicted molar refractivity (Wildman–Crippen MR) is 101 cm³/mol. The van der Waals surface area contributed by atoms with E-state index in [4.69, 9.17) is 9.47 Å². The highest BCUT2D eigenvalue weighted by atomic mass is 32.2. The van der Waals surface area contributed by atoms with Crippen LogP contribution in [-0.2, 0) is 21.1 Å². The molecule has 27 heavy (non-hydrogen) atoms. The highest BCUT2D eigenvalue weighted by molar-refractivity contribution is 7.91. The molecule has 0 aromatic heterocycles. The van der Waals surface area contributed by atoms with Crippen molar-refractivity contribution in [2.75, 3.05) is 26.5 Å². The minimum absolute atomic E-state index is 0.0714. The quantitative estimate of drug-likeness (QED) is 0.675. The summed E-state index contributed by atoms with van der Waals surface area (Å²) < 4.78 is 35.1. The minimum atomic E-state index is -3.63. The summed E-state index contributed by atoms with van der Waals surface area (Å²) >= 11 is 0. The summed E-state index contributed by atoms with van der Waals surface area (Å²) in [7, 11) is -0.747. The van der Waals surface area contributed by atoms with Crippen LogP contribution in [0.2, 0.25) is 0 Å². The van der Waals surface area contributed by atoms with E-state index < -0.39 is 9.84 Å². The monoisotopic (exact) mass is 393 g/mol. The van der Waals surface area contributed by atoms with Crippen molar-refractivity contribution in [1.82, 2.24) is 5.32 Å². The molecule has 0 fully saturated rings. The fourth-order valence-electron chi connectivity index (χ4n) is 2.50. The van der Waals surface area contributed by atoms with Gasteiger partial charge >= 0.3 is 0 Å². The molecule has 0 bridgehead atoms. The van der Waals surface area contributed by atoms with Gasteiger partial charge in [-0.05, 0) is 30.2 Å². The number of ether oxygens (including phenoxy) is 2. The summed E-state index contributed by atoms with van der Waals surface area (Å²) in [6.45, 7) is 0.312. The van der Waals surface area contributed by atoms with E-state index in [1.54, 1.807) is 24.3 Å². The molecule has 0 aliphatic rings. The number of phenols is 1. The zero-order valence-electron chi connectivity index (χ0n) is 15.3. The van der Waals surface area contributed by atoms with E-state index in [0.29, 0.717) is 24.5 Å². The van der Waals surface area contributed by atoms with E-state index in [-0.39, 0.29) is 28.7 Å². The van der Waals surface area contributed by atoms with Gasteiger partial charge in [0.05, 0.1) is 24.9 Å². The Kier molecular flexibility index (Phi) is 7.06. The van der Waals surface area contributed by atoms with Crippen molar-refractivity contribution in [2.45, 2.75) is 17.7 Å². The Labute approximate surface area is 158 Å². The van der Waals surface area contributed by atoms with Crippen molar-refractivity contribution in [2.24, 2.45) is 0 Å². The van der Waals surface area contributed by atoms with Crippen molar-refractivity contribution >= 4 is 15.7 Å². The smallest absolute Gasteiger partial charge is 0.221 e. The van der Waals surface area contributed by atoms with Gasteiger partial charge in [0.2, 0.25) is 5.91 Å². The van der Waals surface area contributed by atoms with Crippen LogP contribution in [0.1, 0.15) is 12.0 Å². The van der Waals surface area contributed by atoms with Gasteiger partial charge in [0.25, 0.3) is 0 Å². The van der Waals surface area contributed by atoms with Crippen LogP contribution in [-0.4, -0.2) is 45.9 Å². The van der Waals surface area contributed by atoms with E-state index in [9.17, 15) is 18.3 Å². The van der Waals surface area contributed by atoms with Crippen molar-refractivity contribution in [3.05, 3.63) is 48.0 Å². The third kappa shape index (κ3) is 5.62. The topological polar surface area (TPSA) is 102 Å². The Morgan fingerprint density at radius 1 is 1.07 bits per heavy atom. The second-order valence-electron chi connectivity index (χ2n) is 5.81. The molecule has 1 amide bonds. The van der Waals surface area contributed by atoms with Gasteiger partial charge in [0.15, 0.2) is 21.3 Å². The Morgan fingerprint density at radius 3 is 2.44 bits per heavy atom. The number of hydrogen-bond acceptors (Lipinski definition) is 6. The maximum atomic E-state index is 12.4. The molecule has 0 aliphatic carbocycles. The number of phenolic OH excluding ortho intramolecular Hbond substituents is 1. The normalized spacial score (nSPS) is 11.0. The van der Waals surface area contributed by atoms with E-state index in [1.165, 1.54) is 32.4 Å². The Balaban J connectivity index is 1.89. The summed E-state index contributed by atoms with van der Waals surface area (Å²) in [5, 5.41) is 12.3. The van der Waals surface area contributed by atoms with Crippen molar-refractivity contribution in [1.29, 1.82) is 0 Å². The number of carbonyl (C=O) groups is 1. The van der Waals surface area contributed by atoms with Crippen LogP contribution < -0.4 is 14.8 Å². The maximum Gasteiger partial charge on any atom is 0.221 e. The molecular formula is C19H23NO6S. The van der Waals surface area contributed by atoms with E-state index in [2.05, 4.69) is 5.32 Å². The van der Waals surface area contributed by atoms with Gasteiger partial charge < -0.3 is 19.9 Å². The predicted octanol–water partition coefficient (Wildman–Crippen LogP) is 1.93. The van der Waals surface area contributed by atoms with Crippen LogP contribution in [0.25, 0.3) is 0 Å². The highest BCUT2D eigenvalue weighted by Gasteiger charge is 2.18. The van der Waals surface area contributed by atoms with Crippen LogP contribution in [0, 0.1) is 0 Å². The fourth-order valence-corrected chi connectivity index (χ4v) is 3.75. The van der Waals surface area contributed by atoms with Gasteiger partial charge in [0, 0.05) is 19.0 Å². The lowest BCUT2D eigenvalue weighted by Gasteiger charge is -2.10. The summed E-state index contributed by atoms with van der Waals surface area (Å²) in [5.41, 5.74) is 0.718. The average molecular weight is 393 g/mol. The van der Waals surface area contributed by atoms with Gasteiger partial charge in [-0.25, -0.2) is 8.42 Å². The second-order valence-corrected chi connectivity index (χ2v) is 7.92. The van der Waals surface area contributed by atoms with E-state index in [0.717, 1.165) is 5.56 Å². The SMILES string of the molecule is COc1ccc(S(=O)(=O)CCC(=O)NCCc2ccccc2O)cc1OC. The number of hydrogen-bond donors (Lipinski definition) is 2. The second kappa shape index (κ2) is 9.27. The molecule has 2 aromatic carbocycles. The Morgan fingerprint density at radius 2 is 1.78 bits per heavy atom. The van der Waals surface area contributed by atoms with Gasteiger partial charge in [0.1, 0.15) is 5.75 Å². The lowest BCUT2D eigenvalue weighted by molar-refractivity contribution is -0.120. The molecular weight excluding hydrogens is 370 g/mol. The zero-order chi connectivity index (χ0) is 19.9. The Hall–Kier alpha value is -2.74. The first-order chi connectivity index (χ1) is 12.9. The number of benzene rings is 2. The molecule has 2 N–H and O–H groups in total. The van der Waals surface area contributed by atoms with E-state index in [1.807, 2.05) is 0 Å². The molecule has 0 atom stereocenters. The molecule has 0 heterocycles. The van der Waals surface area contributed by atoms with Gasteiger partial charge in [-0.15, -0.1) is 0 Å². The first-order valence-corrected chi connectivity index (χ1v) is 10.0. The third-order valence-corrected chi connectivity index (χ3v) is 5.73. The number of carbonyl (C=O) groups excluding carboxylic acids is 1. The largest absolute Gasteiger partial charge is 0.508 e. The lowest BCUT2D eigenvalue weighted by Crippen LogP contribution is -2.27. The lowest BCUT2D eigenvalue weighted by atomic mass is 10.1. The van der Waals surface area contributed by atoms with Gasteiger partial charge in [-0.1, -0.05) is 18.2 Å². The fraction of sp³-hybridized carbons (Fsp3) is 0.316.